The Morgan fingerprint density at radius 3 is 2.75 bits per heavy atom. The molecule has 0 aromatic carbocycles. The van der Waals surface area contributed by atoms with Gasteiger partial charge in [-0.15, -0.1) is 0 Å². The topological polar surface area (TPSA) is 50.9 Å². The molecule has 1 N–H and O–H groups in total. The van der Waals surface area contributed by atoms with Gasteiger partial charge in [0.2, 0.25) is 0 Å². The van der Waals surface area contributed by atoms with Crippen molar-refractivity contribution in [3.8, 4) is 5.69 Å². The van der Waals surface area contributed by atoms with Crippen LogP contribution in [0, 0.1) is 0 Å². The molecule has 0 saturated carbocycles. The third-order valence-electron chi connectivity index (χ3n) is 2.31. The standard InChI is InChI=1S/C11H12ClN3O/c1-2-11(16)10-4-3-9(6-13-10)15-7-8(12)5-14-15/h3-7,11,16H,2H2,1H3/t11-/m1/s1. The van der Waals surface area contributed by atoms with Crippen molar-refractivity contribution >= 4 is 11.6 Å². The molecular formula is C11H12ClN3O. The highest BCUT2D eigenvalue weighted by Crippen LogP contribution is 2.16. The third kappa shape index (κ3) is 2.23. The van der Waals surface area contributed by atoms with Gasteiger partial charge in [0.15, 0.2) is 0 Å². The van der Waals surface area contributed by atoms with E-state index in [1.54, 1.807) is 29.3 Å². The zero-order valence-corrected chi connectivity index (χ0v) is 9.59. The SMILES string of the molecule is CC[C@@H](O)c1ccc(-n2cc(Cl)cn2)cn1. The maximum Gasteiger partial charge on any atom is 0.0957 e. The first-order valence-electron chi connectivity index (χ1n) is 5.05. The maximum atomic E-state index is 9.59. The summed E-state index contributed by atoms with van der Waals surface area (Å²) >= 11 is 5.77. The van der Waals surface area contributed by atoms with E-state index in [1.807, 2.05) is 13.0 Å². The van der Waals surface area contributed by atoms with E-state index in [9.17, 15) is 5.11 Å². The molecule has 4 nitrogen and oxygen atoms in total. The zero-order chi connectivity index (χ0) is 11.5. The lowest BCUT2D eigenvalue weighted by atomic mass is 10.2. The second kappa shape index (κ2) is 4.63. The number of halogens is 1. The Morgan fingerprint density at radius 2 is 2.25 bits per heavy atom. The van der Waals surface area contributed by atoms with Crippen LogP contribution in [-0.4, -0.2) is 19.9 Å². The average molecular weight is 238 g/mol. The third-order valence-corrected chi connectivity index (χ3v) is 2.51. The van der Waals surface area contributed by atoms with Crippen LogP contribution in [0.1, 0.15) is 25.1 Å². The number of pyridine rings is 1. The molecule has 0 radical (unpaired) electrons. The molecule has 2 aromatic rings. The normalized spacial score (nSPS) is 12.7. The lowest BCUT2D eigenvalue weighted by Gasteiger charge is -2.07. The summed E-state index contributed by atoms with van der Waals surface area (Å²) in [5.74, 6) is 0. The molecule has 0 bridgehead atoms. The van der Waals surface area contributed by atoms with Crippen molar-refractivity contribution in [2.75, 3.05) is 0 Å². The summed E-state index contributed by atoms with van der Waals surface area (Å²) in [6.07, 6.45) is 5.08. The van der Waals surface area contributed by atoms with Crippen LogP contribution in [0.15, 0.2) is 30.7 Å². The van der Waals surface area contributed by atoms with Gasteiger partial charge in [0.25, 0.3) is 0 Å². The fourth-order valence-electron chi connectivity index (χ4n) is 1.38. The van der Waals surface area contributed by atoms with Crippen LogP contribution in [0.2, 0.25) is 5.02 Å². The van der Waals surface area contributed by atoms with E-state index >= 15 is 0 Å². The predicted octanol–water partition coefficient (Wildman–Crippen LogP) is 2.36. The Balaban J connectivity index is 2.25. The van der Waals surface area contributed by atoms with Crippen LogP contribution < -0.4 is 0 Å². The van der Waals surface area contributed by atoms with E-state index in [0.29, 0.717) is 17.1 Å². The molecule has 2 aromatic heterocycles. The van der Waals surface area contributed by atoms with Crippen LogP contribution in [0.3, 0.4) is 0 Å². The van der Waals surface area contributed by atoms with Gasteiger partial charge in [-0.3, -0.25) is 4.98 Å². The molecular weight excluding hydrogens is 226 g/mol. The fraction of sp³-hybridized carbons (Fsp3) is 0.273. The number of nitrogens with zero attached hydrogens (tertiary/aromatic N) is 3. The fourth-order valence-corrected chi connectivity index (χ4v) is 1.52. The number of hydrogen-bond donors (Lipinski definition) is 1. The Kier molecular flexibility index (Phi) is 3.22. The summed E-state index contributed by atoms with van der Waals surface area (Å²) in [7, 11) is 0. The molecule has 16 heavy (non-hydrogen) atoms. The van der Waals surface area contributed by atoms with Gasteiger partial charge in [0, 0.05) is 6.20 Å². The number of aliphatic hydroxyl groups is 1. The molecule has 0 aliphatic carbocycles. The summed E-state index contributed by atoms with van der Waals surface area (Å²) in [4.78, 5) is 4.18. The van der Waals surface area contributed by atoms with E-state index in [1.165, 1.54) is 0 Å². The van der Waals surface area contributed by atoms with Crippen molar-refractivity contribution in [3.63, 3.8) is 0 Å². The molecule has 5 heteroatoms. The molecule has 1 atom stereocenters. The van der Waals surface area contributed by atoms with Crippen molar-refractivity contribution in [1.29, 1.82) is 0 Å². The zero-order valence-electron chi connectivity index (χ0n) is 8.84. The van der Waals surface area contributed by atoms with Crippen LogP contribution in [0.4, 0.5) is 0 Å². The molecule has 2 rings (SSSR count). The van der Waals surface area contributed by atoms with E-state index in [4.69, 9.17) is 11.6 Å². The average Bonchev–Trinajstić information content (AvgIpc) is 2.75. The second-order valence-electron chi connectivity index (χ2n) is 3.47. The van der Waals surface area contributed by atoms with Gasteiger partial charge in [-0.05, 0) is 18.6 Å². The summed E-state index contributed by atoms with van der Waals surface area (Å²) in [5, 5.41) is 14.2. The van der Waals surface area contributed by atoms with E-state index in [0.717, 1.165) is 5.69 Å². The number of rotatable bonds is 3. The highest BCUT2D eigenvalue weighted by atomic mass is 35.5. The monoisotopic (exact) mass is 237 g/mol. The van der Waals surface area contributed by atoms with Gasteiger partial charge >= 0.3 is 0 Å². The number of aliphatic hydroxyl groups excluding tert-OH is 1. The summed E-state index contributed by atoms with van der Waals surface area (Å²) in [6, 6.07) is 3.64. The first kappa shape index (κ1) is 11.1. The summed E-state index contributed by atoms with van der Waals surface area (Å²) < 4.78 is 1.64. The largest absolute Gasteiger partial charge is 0.387 e. The number of aromatic nitrogens is 3. The quantitative estimate of drug-likeness (QED) is 0.892. The molecule has 0 unspecified atom stereocenters. The number of hydrogen-bond acceptors (Lipinski definition) is 3. The van der Waals surface area contributed by atoms with Gasteiger partial charge < -0.3 is 5.11 Å². The van der Waals surface area contributed by atoms with Crippen LogP contribution >= 0.6 is 11.6 Å². The molecule has 0 aliphatic heterocycles. The lowest BCUT2D eigenvalue weighted by Crippen LogP contribution is -2.01. The maximum absolute atomic E-state index is 9.59. The Hall–Kier alpha value is -1.39. The van der Waals surface area contributed by atoms with E-state index in [-0.39, 0.29) is 0 Å². The smallest absolute Gasteiger partial charge is 0.0957 e. The van der Waals surface area contributed by atoms with Crippen molar-refractivity contribution in [2.24, 2.45) is 0 Å². The second-order valence-corrected chi connectivity index (χ2v) is 3.90. The van der Waals surface area contributed by atoms with Crippen molar-refractivity contribution in [2.45, 2.75) is 19.4 Å². The van der Waals surface area contributed by atoms with Gasteiger partial charge in [0.05, 0.1) is 34.9 Å². The van der Waals surface area contributed by atoms with Crippen LogP contribution in [-0.2, 0) is 0 Å². The Labute approximate surface area is 98.5 Å². The molecule has 0 aliphatic rings. The molecule has 2 heterocycles. The highest BCUT2D eigenvalue weighted by molar-refractivity contribution is 6.30. The molecule has 0 amide bonds. The van der Waals surface area contributed by atoms with Crippen molar-refractivity contribution < 1.29 is 5.11 Å². The minimum Gasteiger partial charge on any atom is -0.387 e. The summed E-state index contributed by atoms with van der Waals surface area (Å²) in [5.41, 5.74) is 1.49. The predicted molar refractivity (Wildman–Crippen MR) is 61.6 cm³/mol. The molecule has 84 valence electrons. The van der Waals surface area contributed by atoms with Gasteiger partial charge in [-0.2, -0.15) is 5.10 Å². The van der Waals surface area contributed by atoms with Crippen LogP contribution in [0.5, 0.6) is 0 Å². The van der Waals surface area contributed by atoms with Crippen molar-refractivity contribution in [1.82, 2.24) is 14.8 Å². The minimum absolute atomic E-state index is 0.504. The molecule has 0 fully saturated rings. The summed E-state index contributed by atoms with van der Waals surface area (Å²) in [6.45, 7) is 1.91. The highest BCUT2D eigenvalue weighted by Gasteiger charge is 2.06. The van der Waals surface area contributed by atoms with Gasteiger partial charge in [-0.25, -0.2) is 4.68 Å². The van der Waals surface area contributed by atoms with E-state index < -0.39 is 6.10 Å². The van der Waals surface area contributed by atoms with Gasteiger partial charge in [0.1, 0.15) is 0 Å². The van der Waals surface area contributed by atoms with Crippen molar-refractivity contribution in [3.05, 3.63) is 41.4 Å². The Bertz CT molecular complexity index is 466. The molecule has 0 spiro atoms. The van der Waals surface area contributed by atoms with Crippen LogP contribution in [0.25, 0.3) is 5.69 Å². The van der Waals surface area contributed by atoms with E-state index in [2.05, 4.69) is 10.1 Å². The first-order valence-corrected chi connectivity index (χ1v) is 5.43. The minimum atomic E-state index is -0.504. The Morgan fingerprint density at radius 1 is 1.44 bits per heavy atom. The first-order chi connectivity index (χ1) is 7.70. The lowest BCUT2D eigenvalue weighted by molar-refractivity contribution is 0.169. The molecule has 0 saturated heterocycles. The van der Waals surface area contributed by atoms with Gasteiger partial charge in [-0.1, -0.05) is 18.5 Å².